The average Bonchev–Trinajstić information content (AvgIpc) is 2.43. The molecule has 0 radical (unpaired) electrons. The van der Waals surface area contributed by atoms with Crippen LogP contribution in [0.15, 0.2) is 18.7 Å². The van der Waals surface area contributed by atoms with Crippen molar-refractivity contribution in [3.8, 4) is 0 Å². The van der Waals surface area contributed by atoms with Crippen molar-refractivity contribution in [1.82, 2.24) is 15.3 Å². The van der Waals surface area contributed by atoms with Crippen molar-refractivity contribution in [3.63, 3.8) is 0 Å². The third-order valence-corrected chi connectivity index (χ3v) is 4.80. The second-order valence-electron chi connectivity index (χ2n) is 4.56. The molecule has 1 atom stereocenters. The molecule has 1 heterocycles. The summed E-state index contributed by atoms with van der Waals surface area (Å²) in [6.07, 6.45) is 7.56. The smallest absolute Gasteiger partial charge is 0.150 e. The van der Waals surface area contributed by atoms with Crippen molar-refractivity contribution < 1.29 is 8.42 Å². The lowest BCUT2D eigenvalue weighted by molar-refractivity contribution is 0.489. The number of hydrogen-bond donors (Lipinski definition) is 1. The highest BCUT2D eigenvalue weighted by molar-refractivity contribution is 7.91. The third kappa shape index (κ3) is 6.11. The summed E-state index contributed by atoms with van der Waals surface area (Å²) < 4.78 is 23.0. The number of rotatable bonds is 9. The first-order chi connectivity index (χ1) is 9.09. The van der Waals surface area contributed by atoms with E-state index in [4.69, 9.17) is 0 Å². The summed E-state index contributed by atoms with van der Waals surface area (Å²) in [6.45, 7) is 4.69. The summed E-state index contributed by atoms with van der Waals surface area (Å²) in [5.74, 6) is 0.468. The van der Waals surface area contributed by atoms with E-state index < -0.39 is 9.84 Å². The fourth-order valence-corrected chi connectivity index (χ4v) is 2.74. The molecule has 1 aromatic heterocycles. The summed E-state index contributed by atoms with van der Waals surface area (Å²) in [4.78, 5) is 8.03. The van der Waals surface area contributed by atoms with Crippen LogP contribution in [-0.2, 0) is 9.84 Å². The van der Waals surface area contributed by atoms with Crippen LogP contribution in [0.4, 0.5) is 0 Å². The maximum Gasteiger partial charge on any atom is 0.150 e. The van der Waals surface area contributed by atoms with Crippen LogP contribution in [0.1, 0.15) is 44.7 Å². The third-order valence-electron chi connectivity index (χ3n) is 3.01. The molecule has 0 fully saturated rings. The van der Waals surface area contributed by atoms with E-state index in [9.17, 15) is 8.42 Å². The maximum atomic E-state index is 11.5. The molecule has 0 aliphatic heterocycles. The van der Waals surface area contributed by atoms with E-state index in [1.54, 1.807) is 19.3 Å². The number of nitrogens with one attached hydrogen (secondary N) is 1. The van der Waals surface area contributed by atoms with E-state index in [2.05, 4.69) is 22.2 Å². The van der Waals surface area contributed by atoms with Crippen LogP contribution in [0.3, 0.4) is 0 Å². The van der Waals surface area contributed by atoms with Crippen LogP contribution in [0.5, 0.6) is 0 Å². The molecular formula is C13H23N3O2S. The van der Waals surface area contributed by atoms with Gasteiger partial charge in [0.25, 0.3) is 0 Å². The Labute approximate surface area is 115 Å². The number of sulfone groups is 1. The van der Waals surface area contributed by atoms with E-state index in [1.165, 1.54) is 6.33 Å². The van der Waals surface area contributed by atoms with Crippen LogP contribution in [0.2, 0.25) is 0 Å². The van der Waals surface area contributed by atoms with Gasteiger partial charge in [0.05, 0.1) is 5.75 Å². The topological polar surface area (TPSA) is 72.0 Å². The molecule has 0 bridgehead atoms. The highest BCUT2D eigenvalue weighted by Crippen LogP contribution is 2.17. The van der Waals surface area contributed by atoms with Gasteiger partial charge in [0.2, 0.25) is 0 Å². The van der Waals surface area contributed by atoms with Crippen molar-refractivity contribution in [2.45, 2.75) is 39.2 Å². The van der Waals surface area contributed by atoms with Crippen molar-refractivity contribution in [2.24, 2.45) is 0 Å². The van der Waals surface area contributed by atoms with Crippen molar-refractivity contribution >= 4 is 9.84 Å². The molecule has 0 aliphatic rings. The van der Waals surface area contributed by atoms with Gasteiger partial charge in [0.1, 0.15) is 16.2 Å². The van der Waals surface area contributed by atoms with Crippen molar-refractivity contribution in [2.75, 3.05) is 18.1 Å². The van der Waals surface area contributed by atoms with E-state index in [-0.39, 0.29) is 17.5 Å². The normalized spacial score (nSPS) is 13.4. The van der Waals surface area contributed by atoms with Crippen molar-refractivity contribution in [1.29, 1.82) is 0 Å². The van der Waals surface area contributed by atoms with Gasteiger partial charge < -0.3 is 5.32 Å². The van der Waals surface area contributed by atoms with Gasteiger partial charge in [0.15, 0.2) is 0 Å². The van der Waals surface area contributed by atoms with Gasteiger partial charge >= 0.3 is 0 Å². The highest BCUT2D eigenvalue weighted by Gasteiger charge is 2.13. The standard InChI is InChI=1S/C13H23N3O2S/c1-3-7-16-13(12-9-14-11-15-10-12)6-5-8-19(17,18)4-2/h9-11,13,16H,3-8H2,1-2H3. The van der Waals surface area contributed by atoms with Crippen LogP contribution < -0.4 is 5.32 Å². The van der Waals surface area contributed by atoms with Crippen LogP contribution >= 0.6 is 0 Å². The fraction of sp³-hybridized carbons (Fsp3) is 0.692. The Bertz CT molecular complexity index is 448. The van der Waals surface area contributed by atoms with Crippen LogP contribution in [0.25, 0.3) is 0 Å². The molecule has 19 heavy (non-hydrogen) atoms. The first-order valence-corrected chi connectivity index (χ1v) is 8.60. The van der Waals surface area contributed by atoms with Crippen LogP contribution in [0, 0.1) is 0 Å². The lowest BCUT2D eigenvalue weighted by Gasteiger charge is -2.18. The molecule has 0 spiro atoms. The number of hydrogen-bond acceptors (Lipinski definition) is 5. The highest BCUT2D eigenvalue weighted by atomic mass is 32.2. The summed E-state index contributed by atoms with van der Waals surface area (Å²) in [6, 6.07) is 0.133. The molecule has 1 unspecified atom stereocenters. The van der Waals surface area contributed by atoms with Gasteiger partial charge in [-0.3, -0.25) is 0 Å². The molecule has 1 aromatic rings. The second kappa shape index (κ2) is 8.22. The molecule has 0 amide bonds. The minimum absolute atomic E-state index is 0.133. The largest absolute Gasteiger partial charge is 0.310 e. The predicted octanol–water partition coefficient (Wildman–Crippen LogP) is 1.73. The van der Waals surface area contributed by atoms with Gasteiger partial charge in [-0.2, -0.15) is 0 Å². The Hall–Kier alpha value is -1.01. The molecule has 1 rings (SSSR count). The zero-order valence-electron chi connectivity index (χ0n) is 11.7. The van der Waals surface area contributed by atoms with E-state index >= 15 is 0 Å². The second-order valence-corrected chi connectivity index (χ2v) is 7.03. The summed E-state index contributed by atoms with van der Waals surface area (Å²) in [5.41, 5.74) is 1.02. The first-order valence-electron chi connectivity index (χ1n) is 6.77. The minimum atomic E-state index is -2.88. The lowest BCUT2D eigenvalue weighted by Crippen LogP contribution is -2.23. The van der Waals surface area contributed by atoms with Gasteiger partial charge in [-0.05, 0) is 25.8 Å². The van der Waals surface area contributed by atoms with Gasteiger partial charge in [0, 0.05) is 29.8 Å². The molecule has 1 N–H and O–H groups in total. The van der Waals surface area contributed by atoms with E-state index in [0.717, 1.165) is 24.9 Å². The number of aromatic nitrogens is 2. The Kier molecular flexibility index (Phi) is 6.94. The lowest BCUT2D eigenvalue weighted by atomic mass is 10.1. The number of nitrogens with zero attached hydrogens (tertiary/aromatic N) is 2. The molecule has 0 aromatic carbocycles. The zero-order valence-corrected chi connectivity index (χ0v) is 12.5. The molecule has 108 valence electrons. The summed E-state index contributed by atoms with van der Waals surface area (Å²) in [5, 5.41) is 3.42. The Morgan fingerprint density at radius 3 is 2.53 bits per heavy atom. The van der Waals surface area contributed by atoms with Gasteiger partial charge in [-0.25, -0.2) is 18.4 Å². The summed E-state index contributed by atoms with van der Waals surface area (Å²) in [7, 11) is -2.88. The van der Waals surface area contributed by atoms with Crippen molar-refractivity contribution in [3.05, 3.63) is 24.3 Å². The molecule has 5 nitrogen and oxygen atoms in total. The summed E-state index contributed by atoms with van der Waals surface area (Å²) >= 11 is 0. The Morgan fingerprint density at radius 1 is 1.26 bits per heavy atom. The Morgan fingerprint density at radius 2 is 1.95 bits per heavy atom. The molecule has 6 heteroatoms. The molecule has 0 saturated carbocycles. The SMILES string of the molecule is CCCNC(CCCS(=O)(=O)CC)c1cncnc1. The Balaban J connectivity index is 2.56. The molecular weight excluding hydrogens is 262 g/mol. The molecule has 0 aliphatic carbocycles. The fourth-order valence-electron chi connectivity index (χ4n) is 1.85. The van der Waals surface area contributed by atoms with Gasteiger partial charge in [-0.15, -0.1) is 0 Å². The quantitative estimate of drug-likeness (QED) is 0.748. The average molecular weight is 285 g/mol. The maximum absolute atomic E-state index is 11.5. The minimum Gasteiger partial charge on any atom is -0.310 e. The van der Waals surface area contributed by atoms with E-state index in [1.807, 2.05) is 0 Å². The monoisotopic (exact) mass is 285 g/mol. The van der Waals surface area contributed by atoms with E-state index in [0.29, 0.717) is 6.42 Å². The molecule has 0 saturated heterocycles. The first kappa shape index (κ1) is 16.0. The van der Waals surface area contributed by atoms with Gasteiger partial charge in [-0.1, -0.05) is 13.8 Å². The zero-order chi connectivity index (χ0) is 14.1. The predicted molar refractivity (Wildman–Crippen MR) is 76.6 cm³/mol. The van der Waals surface area contributed by atoms with Crippen LogP contribution in [-0.4, -0.2) is 36.4 Å².